The maximum absolute atomic E-state index is 13.2. The van der Waals surface area contributed by atoms with Crippen LogP contribution < -0.4 is 0 Å². The Bertz CT molecular complexity index is 885. The summed E-state index contributed by atoms with van der Waals surface area (Å²) in [7, 11) is 0. The third-order valence-corrected chi connectivity index (χ3v) is 6.75. The van der Waals surface area contributed by atoms with E-state index >= 15 is 0 Å². The molecule has 1 aromatic carbocycles. The van der Waals surface area contributed by atoms with E-state index in [-0.39, 0.29) is 17.6 Å². The molecule has 154 valence electrons. The molecule has 2 amide bonds. The average molecular weight is 417 g/mol. The van der Waals surface area contributed by atoms with Crippen molar-refractivity contribution in [2.24, 2.45) is 0 Å². The first-order valence-electron chi connectivity index (χ1n) is 10.0. The zero-order valence-electron chi connectivity index (χ0n) is 16.6. The van der Waals surface area contributed by atoms with Crippen LogP contribution in [0.15, 0.2) is 24.3 Å². The van der Waals surface area contributed by atoms with Crippen LogP contribution in [0.2, 0.25) is 0 Å². The maximum atomic E-state index is 13.2. The summed E-state index contributed by atoms with van der Waals surface area (Å²) >= 11 is 1.35. The second kappa shape index (κ2) is 8.59. The van der Waals surface area contributed by atoms with Crippen LogP contribution in [0.4, 0.5) is 4.39 Å². The molecule has 0 unspecified atom stereocenters. The van der Waals surface area contributed by atoms with Gasteiger partial charge in [0.2, 0.25) is 5.91 Å². The molecule has 0 aliphatic carbocycles. The van der Waals surface area contributed by atoms with Gasteiger partial charge in [-0.15, -0.1) is 11.3 Å². The molecule has 6 nitrogen and oxygen atoms in total. The predicted molar refractivity (Wildman–Crippen MR) is 110 cm³/mol. The van der Waals surface area contributed by atoms with Gasteiger partial charge in [0.15, 0.2) is 0 Å². The number of likely N-dealkylation sites (tertiary alicyclic amines) is 1. The third kappa shape index (κ3) is 4.48. The first-order valence-corrected chi connectivity index (χ1v) is 10.9. The molecule has 0 N–H and O–H groups in total. The summed E-state index contributed by atoms with van der Waals surface area (Å²) in [5, 5.41) is 0.723. The highest BCUT2D eigenvalue weighted by molar-refractivity contribution is 7.17. The summed E-state index contributed by atoms with van der Waals surface area (Å²) in [6.07, 6.45) is 2.20. The monoisotopic (exact) mass is 416 g/mol. The van der Waals surface area contributed by atoms with Crippen molar-refractivity contribution in [1.82, 2.24) is 19.7 Å². The molecule has 2 saturated heterocycles. The topological polar surface area (TPSA) is 56.8 Å². The molecule has 29 heavy (non-hydrogen) atoms. The summed E-state index contributed by atoms with van der Waals surface area (Å²) in [4.78, 5) is 36.4. The summed E-state index contributed by atoms with van der Waals surface area (Å²) < 4.78 is 13.2. The number of hydrogen-bond donors (Lipinski definition) is 0. The molecular formula is C21H25FN4O2S. The number of aryl methyl sites for hydroxylation is 1. The first kappa shape index (κ1) is 20.0. The Labute approximate surface area is 173 Å². The predicted octanol–water partition coefficient (Wildman–Crippen LogP) is 2.64. The Morgan fingerprint density at radius 1 is 1.00 bits per heavy atom. The minimum Gasteiger partial charge on any atom is -0.342 e. The average Bonchev–Trinajstić information content (AvgIpc) is 3.39. The maximum Gasteiger partial charge on any atom is 0.265 e. The van der Waals surface area contributed by atoms with E-state index in [9.17, 15) is 14.0 Å². The van der Waals surface area contributed by atoms with E-state index in [0.29, 0.717) is 43.3 Å². The van der Waals surface area contributed by atoms with Gasteiger partial charge < -0.3 is 9.80 Å². The largest absolute Gasteiger partial charge is 0.342 e. The number of carbonyl (C=O) groups is 2. The Morgan fingerprint density at radius 2 is 1.66 bits per heavy atom. The molecule has 0 saturated carbocycles. The molecule has 2 aliphatic rings. The summed E-state index contributed by atoms with van der Waals surface area (Å²) in [5.41, 5.74) is 1.51. The lowest BCUT2D eigenvalue weighted by Crippen LogP contribution is -2.51. The molecule has 2 aromatic rings. The minimum absolute atomic E-state index is 0.0149. The van der Waals surface area contributed by atoms with E-state index in [1.165, 1.54) is 23.5 Å². The van der Waals surface area contributed by atoms with Crippen LogP contribution in [0.3, 0.4) is 0 Å². The quantitative estimate of drug-likeness (QED) is 0.769. The van der Waals surface area contributed by atoms with Crippen LogP contribution in [-0.2, 0) is 4.79 Å². The number of nitrogens with zero attached hydrogens (tertiary/aromatic N) is 4. The highest BCUT2D eigenvalue weighted by Gasteiger charge is 2.27. The van der Waals surface area contributed by atoms with Crippen LogP contribution in [0, 0.1) is 12.7 Å². The molecular weight excluding hydrogens is 391 g/mol. The minimum atomic E-state index is -0.292. The molecule has 4 rings (SSSR count). The van der Waals surface area contributed by atoms with Crippen LogP contribution in [-0.4, -0.2) is 77.3 Å². The van der Waals surface area contributed by atoms with E-state index < -0.39 is 0 Å². The fourth-order valence-corrected chi connectivity index (χ4v) is 4.86. The number of rotatable bonds is 4. The molecule has 0 atom stereocenters. The standard InChI is InChI=1S/C21H25FN4O2S/c1-15-19(29-20(23-15)16-4-6-17(22)7-5-16)21(28)26-12-10-24(11-13-26)14-18(27)25-8-2-3-9-25/h4-7H,2-3,8-14H2,1H3. The van der Waals surface area contributed by atoms with Crippen LogP contribution >= 0.6 is 11.3 Å². The van der Waals surface area contributed by atoms with Crippen molar-refractivity contribution in [3.8, 4) is 10.6 Å². The van der Waals surface area contributed by atoms with Gasteiger partial charge in [0.1, 0.15) is 15.7 Å². The molecule has 3 heterocycles. The van der Waals surface area contributed by atoms with Crippen molar-refractivity contribution in [2.75, 3.05) is 45.8 Å². The highest BCUT2D eigenvalue weighted by atomic mass is 32.1. The molecule has 1 aromatic heterocycles. The zero-order valence-corrected chi connectivity index (χ0v) is 17.4. The summed E-state index contributed by atoms with van der Waals surface area (Å²) in [5.74, 6) is -0.109. The molecule has 8 heteroatoms. The van der Waals surface area contributed by atoms with Gasteiger partial charge in [-0.3, -0.25) is 14.5 Å². The Hall–Kier alpha value is -2.32. The molecule has 2 aliphatic heterocycles. The number of hydrogen-bond acceptors (Lipinski definition) is 5. The van der Waals surface area contributed by atoms with Crippen molar-refractivity contribution in [3.63, 3.8) is 0 Å². The lowest BCUT2D eigenvalue weighted by molar-refractivity contribution is -0.131. The third-order valence-electron chi connectivity index (χ3n) is 5.56. The van der Waals surface area contributed by atoms with E-state index in [1.807, 2.05) is 16.7 Å². The second-order valence-corrected chi connectivity index (χ2v) is 8.60. The smallest absolute Gasteiger partial charge is 0.265 e. The van der Waals surface area contributed by atoms with Gasteiger partial charge in [0, 0.05) is 44.8 Å². The van der Waals surface area contributed by atoms with Crippen LogP contribution in [0.25, 0.3) is 10.6 Å². The fourth-order valence-electron chi connectivity index (χ4n) is 3.82. The van der Waals surface area contributed by atoms with Gasteiger partial charge in [-0.2, -0.15) is 0 Å². The van der Waals surface area contributed by atoms with Crippen molar-refractivity contribution >= 4 is 23.2 Å². The number of carbonyl (C=O) groups excluding carboxylic acids is 2. The Morgan fingerprint density at radius 3 is 2.31 bits per heavy atom. The molecule has 0 bridgehead atoms. The van der Waals surface area contributed by atoms with Crippen molar-refractivity contribution < 1.29 is 14.0 Å². The lowest BCUT2D eigenvalue weighted by Gasteiger charge is -2.34. The van der Waals surface area contributed by atoms with E-state index in [4.69, 9.17) is 0 Å². The Balaban J connectivity index is 1.36. The van der Waals surface area contributed by atoms with Gasteiger partial charge in [-0.1, -0.05) is 0 Å². The van der Waals surface area contributed by atoms with Crippen molar-refractivity contribution in [3.05, 3.63) is 40.7 Å². The van der Waals surface area contributed by atoms with E-state index in [0.717, 1.165) is 36.5 Å². The number of benzene rings is 1. The van der Waals surface area contributed by atoms with Crippen molar-refractivity contribution in [2.45, 2.75) is 19.8 Å². The van der Waals surface area contributed by atoms with Gasteiger partial charge in [-0.05, 0) is 44.0 Å². The zero-order chi connectivity index (χ0) is 20.4. The van der Waals surface area contributed by atoms with Gasteiger partial charge in [0.05, 0.1) is 12.2 Å². The number of halogens is 1. The molecule has 2 fully saturated rings. The number of piperazine rings is 1. The molecule has 0 radical (unpaired) electrons. The molecule has 0 spiro atoms. The summed E-state index contributed by atoms with van der Waals surface area (Å²) in [6.45, 7) is 6.64. The second-order valence-electron chi connectivity index (χ2n) is 7.60. The Kier molecular flexibility index (Phi) is 5.91. The van der Waals surface area contributed by atoms with Crippen LogP contribution in [0.5, 0.6) is 0 Å². The number of thiazole rings is 1. The van der Waals surface area contributed by atoms with E-state index in [2.05, 4.69) is 9.88 Å². The van der Waals surface area contributed by atoms with Gasteiger partial charge in [0.25, 0.3) is 5.91 Å². The van der Waals surface area contributed by atoms with Gasteiger partial charge in [-0.25, -0.2) is 9.37 Å². The SMILES string of the molecule is Cc1nc(-c2ccc(F)cc2)sc1C(=O)N1CCN(CC(=O)N2CCCC2)CC1. The van der Waals surface area contributed by atoms with Gasteiger partial charge >= 0.3 is 0 Å². The normalized spacial score (nSPS) is 17.7. The highest BCUT2D eigenvalue weighted by Crippen LogP contribution is 2.29. The lowest BCUT2D eigenvalue weighted by atomic mass is 10.2. The van der Waals surface area contributed by atoms with Crippen LogP contribution in [0.1, 0.15) is 28.2 Å². The summed E-state index contributed by atoms with van der Waals surface area (Å²) in [6, 6.07) is 6.16. The number of amides is 2. The first-order chi connectivity index (χ1) is 14.0. The number of aromatic nitrogens is 1. The fraction of sp³-hybridized carbons (Fsp3) is 0.476. The van der Waals surface area contributed by atoms with E-state index in [1.54, 1.807) is 12.1 Å². The van der Waals surface area contributed by atoms with Crippen molar-refractivity contribution in [1.29, 1.82) is 0 Å².